The molecule has 0 bridgehead atoms. The van der Waals surface area contributed by atoms with Gasteiger partial charge in [0.15, 0.2) is 0 Å². The van der Waals surface area contributed by atoms with Crippen LogP contribution in [0.15, 0.2) is 49.1 Å². The molecule has 0 atom stereocenters. The van der Waals surface area contributed by atoms with E-state index in [1.165, 1.54) is 21.2 Å². The van der Waals surface area contributed by atoms with Gasteiger partial charge in [0.1, 0.15) is 11.3 Å². The topological polar surface area (TPSA) is 57.4 Å². The molecule has 2 N–H and O–H groups in total. The van der Waals surface area contributed by atoms with Crippen LogP contribution >= 0.6 is 22.6 Å². The number of rotatable bonds is 0. The van der Waals surface area contributed by atoms with Crippen molar-refractivity contribution >= 4 is 44.7 Å². The Labute approximate surface area is 142 Å². The van der Waals surface area contributed by atoms with Gasteiger partial charge in [0.05, 0.1) is 5.56 Å². The first-order chi connectivity index (χ1) is 11.0. The third-order valence-electron chi connectivity index (χ3n) is 3.17. The summed E-state index contributed by atoms with van der Waals surface area (Å²) in [5.74, 6) is 0. The highest BCUT2D eigenvalue weighted by atomic mass is 127. The number of fused-ring (bicyclic) bond motifs is 2. The molecular formula is C15H10F3IN4. The second-order valence-electron chi connectivity index (χ2n) is 4.63. The predicted octanol–water partition coefficient (Wildman–Crippen LogP) is 4.75. The Morgan fingerprint density at radius 1 is 0.826 bits per heavy atom. The maximum Gasteiger partial charge on any atom is 0.417 e. The van der Waals surface area contributed by atoms with Crippen molar-refractivity contribution in [1.29, 1.82) is 0 Å². The van der Waals surface area contributed by atoms with Gasteiger partial charge in [-0.15, -0.1) is 0 Å². The molecule has 4 aromatic rings. The van der Waals surface area contributed by atoms with Crippen LogP contribution in [0.5, 0.6) is 0 Å². The monoisotopic (exact) mass is 430 g/mol. The maximum atomic E-state index is 12.4. The van der Waals surface area contributed by atoms with Crippen LogP contribution < -0.4 is 0 Å². The second-order valence-corrected chi connectivity index (χ2v) is 5.79. The molecule has 0 fully saturated rings. The molecule has 118 valence electrons. The van der Waals surface area contributed by atoms with Crippen LogP contribution in [-0.4, -0.2) is 19.9 Å². The Hall–Kier alpha value is -2.10. The van der Waals surface area contributed by atoms with Crippen LogP contribution in [0, 0.1) is 3.57 Å². The van der Waals surface area contributed by atoms with Gasteiger partial charge in [-0.25, -0.2) is 9.97 Å². The van der Waals surface area contributed by atoms with Crippen molar-refractivity contribution in [3.8, 4) is 0 Å². The van der Waals surface area contributed by atoms with Crippen molar-refractivity contribution in [3.63, 3.8) is 0 Å². The normalized spacial score (nSPS) is 11.5. The zero-order chi connectivity index (χ0) is 16.4. The summed E-state index contributed by atoms with van der Waals surface area (Å²) >= 11 is 2.29. The Morgan fingerprint density at radius 3 is 2.00 bits per heavy atom. The standard InChI is InChI=1S/C8H5F3N2.C7H5IN2/c9-8(10,11)6-2-4-13-7-5(6)1-3-12-7;8-6-2-4-10-7-5(6)1-3-9-7/h1-4H,(H,12,13);1-4H,(H,9,10). The minimum atomic E-state index is -4.32. The van der Waals surface area contributed by atoms with Gasteiger partial charge in [0.2, 0.25) is 0 Å². The lowest BCUT2D eigenvalue weighted by Crippen LogP contribution is -2.05. The van der Waals surface area contributed by atoms with Gasteiger partial charge in [0.25, 0.3) is 0 Å². The predicted molar refractivity (Wildman–Crippen MR) is 89.9 cm³/mol. The van der Waals surface area contributed by atoms with Gasteiger partial charge in [0, 0.05) is 39.1 Å². The fourth-order valence-corrected chi connectivity index (χ4v) is 2.73. The highest BCUT2D eigenvalue weighted by Crippen LogP contribution is 2.33. The SMILES string of the molecule is FC(F)(F)c1ccnc2[nH]ccc12.Ic1ccnc2[nH]ccc12. The van der Waals surface area contributed by atoms with Crippen molar-refractivity contribution < 1.29 is 13.2 Å². The molecule has 0 saturated carbocycles. The molecule has 23 heavy (non-hydrogen) atoms. The average molecular weight is 430 g/mol. The fraction of sp³-hybridized carbons (Fsp3) is 0.0667. The van der Waals surface area contributed by atoms with E-state index in [2.05, 4.69) is 42.5 Å². The number of halogens is 4. The molecule has 4 aromatic heterocycles. The van der Waals surface area contributed by atoms with Gasteiger partial charge in [-0.2, -0.15) is 13.2 Å². The smallest absolute Gasteiger partial charge is 0.346 e. The maximum absolute atomic E-state index is 12.4. The summed E-state index contributed by atoms with van der Waals surface area (Å²) in [7, 11) is 0. The Bertz CT molecular complexity index is 942. The quantitative estimate of drug-likeness (QED) is 0.396. The first-order valence-corrected chi connectivity index (χ1v) is 7.61. The van der Waals surface area contributed by atoms with Crippen molar-refractivity contribution in [2.45, 2.75) is 6.18 Å². The Morgan fingerprint density at radius 2 is 1.39 bits per heavy atom. The first-order valence-electron chi connectivity index (χ1n) is 6.53. The first kappa shape index (κ1) is 15.8. The highest BCUT2D eigenvalue weighted by molar-refractivity contribution is 14.1. The van der Waals surface area contributed by atoms with Crippen LogP contribution in [-0.2, 0) is 6.18 Å². The molecule has 8 heteroatoms. The summed E-state index contributed by atoms with van der Waals surface area (Å²) in [6.07, 6.45) is 1.97. The van der Waals surface area contributed by atoms with E-state index < -0.39 is 11.7 Å². The molecule has 0 amide bonds. The molecule has 0 saturated heterocycles. The summed E-state index contributed by atoms with van der Waals surface area (Å²) in [5, 5.41) is 1.30. The summed E-state index contributed by atoms with van der Waals surface area (Å²) in [6.45, 7) is 0. The second kappa shape index (κ2) is 6.19. The summed E-state index contributed by atoms with van der Waals surface area (Å²) < 4.78 is 38.3. The average Bonchev–Trinajstić information content (AvgIpc) is 3.15. The van der Waals surface area contributed by atoms with E-state index in [0.717, 1.165) is 17.9 Å². The van der Waals surface area contributed by atoms with Crippen LogP contribution in [0.2, 0.25) is 0 Å². The molecule has 0 aliphatic rings. The minimum absolute atomic E-state index is 0.106. The molecule has 0 aliphatic carbocycles. The van der Waals surface area contributed by atoms with E-state index in [-0.39, 0.29) is 11.0 Å². The van der Waals surface area contributed by atoms with Gasteiger partial charge < -0.3 is 9.97 Å². The number of nitrogens with one attached hydrogen (secondary N) is 2. The number of hydrogen-bond donors (Lipinski definition) is 2. The number of hydrogen-bond acceptors (Lipinski definition) is 2. The molecule has 4 heterocycles. The zero-order valence-corrected chi connectivity index (χ0v) is 13.7. The van der Waals surface area contributed by atoms with Crippen molar-refractivity contribution in [1.82, 2.24) is 19.9 Å². The lowest BCUT2D eigenvalue weighted by molar-refractivity contribution is -0.136. The van der Waals surface area contributed by atoms with Crippen LogP contribution in [0.3, 0.4) is 0 Å². The summed E-state index contributed by atoms with van der Waals surface area (Å²) in [5.41, 5.74) is 0.570. The number of nitrogens with zero attached hydrogens (tertiary/aromatic N) is 2. The fourth-order valence-electron chi connectivity index (χ4n) is 2.14. The van der Waals surface area contributed by atoms with E-state index in [1.54, 1.807) is 6.20 Å². The highest BCUT2D eigenvalue weighted by Gasteiger charge is 2.32. The molecule has 0 spiro atoms. The molecule has 0 unspecified atom stereocenters. The Kier molecular flexibility index (Phi) is 4.24. The number of pyridine rings is 2. The van der Waals surface area contributed by atoms with Crippen LogP contribution in [0.4, 0.5) is 13.2 Å². The van der Waals surface area contributed by atoms with Crippen molar-refractivity contribution in [2.24, 2.45) is 0 Å². The van der Waals surface area contributed by atoms with Gasteiger partial charge in [-0.3, -0.25) is 0 Å². The zero-order valence-electron chi connectivity index (χ0n) is 11.5. The molecule has 0 aliphatic heterocycles. The summed E-state index contributed by atoms with van der Waals surface area (Å²) in [4.78, 5) is 13.6. The van der Waals surface area contributed by atoms with Crippen molar-refractivity contribution in [3.05, 3.63) is 58.2 Å². The van der Waals surface area contributed by atoms with E-state index in [0.29, 0.717) is 0 Å². The molecular weight excluding hydrogens is 420 g/mol. The van der Waals surface area contributed by atoms with Crippen LogP contribution in [0.1, 0.15) is 5.56 Å². The lowest BCUT2D eigenvalue weighted by atomic mass is 10.2. The molecule has 4 nitrogen and oxygen atoms in total. The van der Waals surface area contributed by atoms with E-state index in [1.807, 2.05) is 18.3 Å². The van der Waals surface area contributed by atoms with E-state index in [9.17, 15) is 13.2 Å². The lowest BCUT2D eigenvalue weighted by Gasteiger charge is -2.06. The van der Waals surface area contributed by atoms with Crippen molar-refractivity contribution in [2.75, 3.05) is 0 Å². The number of aromatic nitrogens is 4. The van der Waals surface area contributed by atoms with E-state index >= 15 is 0 Å². The number of H-pyrrole nitrogens is 2. The Balaban J connectivity index is 0.000000140. The molecule has 0 aromatic carbocycles. The van der Waals surface area contributed by atoms with Gasteiger partial charge >= 0.3 is 6.18 Å². The summed E-state index contributed by atoms with van der Waals surface area (Å²) in [6, 6.07) is 6.36. The third-order valence-corrected chi connectivity index (χ3v) is 4.11. The number of aromatic amines is 2. The third kappa shape index (κ3) is 3.31. The largest absolute Gasteiger partial charge is 0.417 e. The van der Waals surface area contributed by atoms with Crippen LogP contribution in [0.25, 0.3) is 22.1 Å². The molecule has 0 radical (unpaired) electrons. The number of alkyl halides is 3. The molecule has 4 rings (SSSR count). The van der Waals surface area contributed by atoms with E-state index in [4.69, 9.17) is 0 Å². The van der Waals surface area contributed by atoms with Gasteiger partial charge in [-0.1, -0.05) is 0 Å². The minimum Gasteiger partial charge on any atom is -0.346 e. The van der Waals surface area contributed by atoms with Gasteiger partial charge in [-0.05, 0) is 46.9 Å².